The Labute approximate surface area is 217 Å². The summed E-state index contributed by atoms with van der Waals surface area (Å²) in [6.45, 7) is -0.899. The SMILES string of the molecule is NC(Cc1ccc(O)cc1)C(=O)NC(CC(=O)O)C(=O)NC(Cc1ccccc1)C(=O)NC(CO)C(=O)O. The van der Waals surface area contributed by atoms with E-state index in [0.29, 0.717) is 11.1 Å². The first-order valence-electron chi connectivity index (χ1n) is 11.5. The summed E-state index contributed by atoms with van der Waals surface area (Å²) in [6, 6.07) is 8.56. The lowest BCUT2D eigenvalue weighted by molar-refractivity contribution is -0.144. The van der Waals surface area contributed by atoms with Gasteiger partial charge in [-0.3, -0.25) is 19.2 Å². The number of carbonyl (C=O) groups is 5. The lowest BCUT2D eigenvalue weighted by Gasteiger charge is -2.24. The molecule has 0 aromatic heterocycles. The van der Waals surface area contributed by atoms with Crippen molar-refractivity contribution in [2.75, 3.05) is 6.61 Å². The molecule has 3 amide bonds. The zero-order valence-corrected chi connectivity index (χ0v) is 20.2. The van der Waals surface area contributed by atoms with E-state index in [2.05, 4.69) is 16.0 Å². The van der Waals surface area contributed by atoms with E-state index in [-0.39, 0.29) is 18.6 Å². The van der Waals surface area contributed by atoms with Crippen molar-refractivity contribution >= 4 is 29.7 Å². The average Bonchev–Trinajstić information content (AvgIpc) is 2.87. The van der Waals surface area contributed by atoms with Crippen LogP contribution in [-0.2, 0) is 36.8 Å². The average molecular weight is 531 g/mol. The minimum Gasteiger partial charge on any atom is -0.508 e. The monoisotopic (exact) mass is 530 g/mol. The molecule has 0 radical (unpaired) electrons. The van der Waals surface area contributed by atoms with E-state index in [1.54, 1.807) is 42.5 Å². The smallest absolute Gasteiger partial charge is 0.328 e. The number of benzene rings is 2. The first-order chi connectivity index (χ1) is 18.0. The quantitative estimate of drug-likeness (QED) is 0.141. The summed E-state index contributed by atoms with van der Waals surface area (Å²) < 4.78 is 0. The van der Waals surface area contributed by atoms with Crippen LogP contribution in [0.15, 0.2) is 54.6 Å². The fraction of sp³-hybridized carbons (Fsp3) is 0.320. The lowest BCUT2D eigenvalue weighted by atomic mass is 10.0. The number of carboxylic acids is 2. The normalized spacial score (nSPS) is 13.8. The minimum atomic E-state index is -1.63. The van der Waals surface area contributed by atoms with Crippen molar-refractivity contribution in [3.8, 4) is 5.75 Å². The second kappa shape index (κ2) is 14.3. The van der Waals surface area contributed by atoms with Crippen molar-refractivity contribution in [2.45, 2.75) is 43.4 Å². The Morgan fingerprint density at radius 2 is 1.24 bits per heavy atom. The van der Waals surface area contributed by atoms with E-state index < -0.39 is 66.9 Å². The van der Waals surface area contributed by atoms with Gasteiger partial charge >= 0.3 is 11.9 Å². The lowest BCUT2D eigenvalue weighted by Crippen LogP contribution is -2.58. The van der Waals surface area contributed by atoms with Gasteiger partial charge in [0, 0.05) is 6.42 Å². The number of carbonyl (C=O) groups excluding carboxylic acids is 3. The summed E-state index contributed by atoms with van der Waals surface area (Å²) in [5.74, 6) is -5.66. The second-order valence-corrected chi connectivity index (χ2v) is 8.47. The molecular weight excluding hydrogens is 500 g/mol. The van der Waals surface area contributed by atoms with Crippen LogP contribution in [0.25, 0.3) is 0 Å². The molecule has 0 bridgehead atoms. The molecule has 0 saturated carbocycles. The maximum absolute atomic E-state index is 13.0. The van der Waals surface area contributed by atoms with Gasteiger partial charge in [0.05, 0.1) is 19.1 Å². The number of aliphatic hydroxyl groups excluding tert-OH is 1. The summed E-state index contributed by atoms with van der Waals surface area (Å²) in [5.41, 5.74) is 7.13. The molecule has 2 aromatic carbocycles. The molecule has 0 aliphatic heterocycles. The molecule has 204 valence electrons. The summed E-state index contributed by atoms with van der Waals surface area (Å²) in [7, 11) is 0. The van der Waals surface area contributed by atoms with Crippen molar-refractivity contribution in [2.24, 2.45) is 5.73 Å². The number of nitrogens with one attached hydrogen (secondary N) is 3. The van der Waals surface area contributed by atoms with E-state index in [9.17, 15) is 39.3 Å². The van der Waals surface area contributed by atoms with Gasteiger partial charge in [0.25, 0.3) is 0 Å². The van der Waals surface area contributed by atoms with E-state index in [1.807, 2.05) is 0 Å². The number of phenols is 1. The topological polar surface area (TPSA) is 228 Å². The fourth-order valence-electron chi connectivity index (χ4n) is 3.43. The van der Waals surface area contributed by atoms with E-state index in [1.165, 1.54) is 12.1 Å². The van der Waals surface area contributed by atoms with Crippen LogP contribution in [0.3, 0.4) is 0 Å². The molecule has 0 aliphatic carbocycles. The molecule has 2 rings (SSSR count). The van der Waals surface area contributed by atoms with Gasteiger partial charge in [0.15, 0.2) is 0 Å². The second-order valence-electron chi connectivity index (χ2n) is 8.47. The summed E-state index contributed by atoms with van der Waals surface area (Å²) in [5, 5.41) is 43.8. The molecule has 4 unspecified atom stereocenters. The Kier molecular flexibility index (Phi) is 11.2. The summed E-state index contributed by atoms with van der Waals surface area (Å²) >= 11 is 0. The predicted octanol–water partition coefficient (Wildman–Crippen LogP) is -1.49. The fourth-order valence-corrected chi connectivity index (χ4v) is 3.43. The Bertz CT molecular complexity index is 1130. The number of phenolic OH excluding ortho intramolecular Hbond substituents is 1. The van der Waals surface area contributed by atoms with Crippen LogP contribution in [0.4, 0.5) is 0 Å². The molecule has 0 fully saturated rings. The van der Waals surface area contributed by atoms with Gasteiger partial charge in [-0.2, -0.15) is 0 Å². The standard InChI is InChI=1S/C25H30N4O9/c26-17(10-15-6-8-16(31)9-7-15)22(34)27-19(12-21(32)33)24(36)28-18(11-14-4-2-1-3-5-14)23(35)29-20(13-30)25(37)38/h1-9,17-20,30-31H,10-13,26H2,(H,27,34)(H,28,36)(H,29,35)(H,32,33)(H,37,38). The highest BCUT2D eigenvalue weighted by Gasteiger charge is 2.31. The van der Waals surface area contributed by atoms with Crippen LogP contribution in [0.1, 0.15) is 17.5 Å². The molecule has 0 saturated heterocycles. The highest BCUT2D eigenvalue weighted by Crippen LogP contribution is 2.11. The van der Waals surface area contributed by atoms with Gasteiger partial charge in [-0.05, 0) is 29.7 Å². The first kappa shape index (κ1) is 29.7. The number of amides is 3. The molecule has 0 aliphatic rings. The number of rotatable bonds is 14. The third-order valence-electron chi connectivity index (χ3n) is 5.45. The van der Waals surface area contributed by atoms with Crippen molar-refractivity contribution in [3.05, 3.63) is 65.7 Å². The Morgan fingerprint density at radius 1 is 0.711 bits per heavy atom. The molecule has 38 heavy (non-hydrogen) atoms. The van der Waals surface area contributed by atoms with Crippen LogP contribution in [-0.4, -0.2) is 80.9 Å². The largest absolute Gasteiger partial charge is 0.508 e. The molecule has 13 heteroatoms. The molecule has 9 N–H and O–H groups in total. The van der Waals surface area contributed by atoms with Crippen LogP contribution in [0, 0.1) is 0 Å². The van der Waals surface area contributed by atoms with Crippen molar-refractivity contribution in [3.63, 3.8) is 0 Å². The third-order valence-corrected chi connectivity index (χ3v) is 5.45. The van der Waals surface area contributed by atoms with Crippen molar-refractivity contribution in [1.82, 2.24) is 16.0 Å². The number of aliphatic carboxylic acids is 2. The zero-order valence-electron chi connectivity index (χ0n) is 20.2. The van der Waals surface area contributed by atoms with Gasteiger partial charge in [0.2, 0.25) is 17.7 Å². The molecule has 0 heterocycles. The number of aliphatic hydroxyl groups is 1. The number of aromatic hydroxyl groups is 1. The number of carboxylic acid groups (broad SMARTS) is 2. The Morgan fingerprint density at radius 3 is 1.79 bits per heavy atom. The van der Waals surface area contributed by atoms with E-state index in [4.69, 9.17) is 10.8 Å². The van der Waals surface area contributed by atoms with E-state index >= 15 is 0 Å². The van der Waals surface area contributed by atoms with Crippen LogP contribution < -0.4 is 21.7 Å². The maximum Gasteiger partial charge on any atom is 0.328 e. The first-order valence-corrected chi connectivity index (χ1v) is 11.5. The molecular formula is C25H30N4O9. The summed E-state index contributed by atoms with van der Waals surface area (Å²) in [6.07, 6.45) is -0.883. The summed E-state index contributed by atoms with van der Waals surface area (Å²) in [4.78, 5) is 61.1. The molecule has 2 aromatic rings. The van der Waals surface area contributed by atoms with Crippen molar-refractivity contribution in [1.29, 1.82) is 0 Å². The molecule has 4 atom stereocenters. The van der Waals surface area contributed by atoms with Gasteiger partial charge in [-0.1, -0.05) is 42.5 Å². The van der Waals surface area contributed by atoms with Gasteiger partial charge < -0.3 is 42.1 Å². The zero-order chi connectivity index (χ0) is 28.2. The van der Waals surface area contributed by atoms with E-state index in [0.717, 1.165) is 0 Å². The Balaban J connectivity index is 2.18. The van der Waals surface area contributed by atoms with Crippen LogP contribution in [0.5, 0.6) is 5.75 Å². The van der Waals surface area contributed by atoms with Crippen molar-refractivity contribution < 1.29 is 44.4 Å². The minimum absolute atomic E-state index is 0.0210. The number of hydrogen-bond acceptors (Lipinski definition) is 8. The van der Waals surface area contributed by atoms with Gasteiger partial charge in [-0.15, -0.1) is 0 Å². The Hall–Kier alpha value is -4.49. The maximum atomic E-state index is 13.0. The van der Waals surface area contributed by atoms with Gasteiger partial charge in [-0.25, -0.2) is 4.79 Å². The number of nitrogens with two attached hydrogens (primary N) is 1. The highest BCUT2D eigenvalue weighted by molar-refractivity contribution is 5.95. The van der Waals surface area contributed by atoms with Crippen LogP contribution >= 0.6 is 0 Å². The number of hydrogen-bond donors (Lipinski definition) is 8. The molecule has 13 nitrogen and oxygen atoms in total. The van der Waals surface area contributed by atoms with Crippen LogP contribution in [0.2, 0.25) is 0 Å². The van der Waals surface area contributed by atoms with Gasteiger partial charge in [0.1, 0.15) is 23.9 Å². The highest BCUT2D eigenvalue weighted by atomic mass is 16.4. The molecule has 0 spiro atoms. The predicted molar refractivity (Wildman–Crippen MR) is 133 cm³/mol. The third kappa shape index (κ3) is 9.52.